The number of hydrogen-bond acceptors (Lipinski definition) is 6. The van der Waals surface area contributed by atoms with Gasteiger partial charge in [-0.15, -0.1) is 15.3 Å². The molecular weight excluding hydrogens is 332 g/mol. The molecule has 0 aliphatic carbocycles. The Kier molecular flexibility index (Phi) is 4.17. The van der Waals surface area contributed by atoms with E-state index in [4.69, 9.17) is 0 Å². The van der Waals surface area contributed by atoms with E-state index in [1.807, 2.05) is 30.3 Å². The van der Waals surface area contributed by atoms with Crippen molar-refractivity contribution in [2.24, 2.45) is 0 Å². The fraction of sp³-hybridized carbons (Fsp3) is 0.0588. The Morgan fingerprint density at radius 2 is 1.85 bits per heavy atom. The molecule has 0 unspecified atom stereocenters. The van der Waals surface area contributed by atoms with Gasteiger partial charge < -0.3 is 5.32 Å². The molecule has 0 saturated heterocycles. The zero-order valence-electron chi connectivity index (χ0n) is 13.6. The maximum absolute atomic E-state index is 12.3. The fourth-order valence-corrected chi connectivity index (χ4v) is 2.37. The van der Waals surface area contributed by atoms with Gasteiger partial charge in [-0.05, 0) is 36.4 Å². The molecule has 9 nitrogen and oxygen atoms in total. The van der Waals surface area contributed by atoms with Gasteiger partial charge >= 0.3 is 0 Å². The fourth-order valence-electron chi connectivity index (χ4n) is 2.37. The Morgan fingerprint density at radius 1 is 1.04 bits per heavy atom. The highest BCUT2D eigenvalue weighted by Gasteiger charge is 2.08. The molecule has 4 rings (SSSR count). The minimum absolute atomic E-state index is 0.187. The first-order valence-electron chi connectivity index (χ1n) is 7.85. The number of pyridine rings is 1. The van der Waals surface area contributed by atoms with Crippen LogP contribution in [-0.2, 0) is 6.54 Å². The number of carbonyl (C=O) groups excluding carboxylic acids is 1. The van der Waals surface area contributed by atoms with Crippen LogP contribution < -0.4 is 5.32 Å². The molecule has 0 saturated carbocycles. The number of amides is 1. The van der Waals surface area contributed by atoms with Crippen molar-refractivity contribution in [3.05, 3.63) is 78.8 Å². The van der Waals surface area contributed by atoms with E-state index in [1.54, 1.807) is 46.4 Å². The lowest BCUT2D eigenvalue weighted by Gasteiger charge is -2.05. The first kappa shape index (κ1) is 15.6. The minimum atomic E-state index is -0.187. The Morgan fingerprint density at radius 3 is 2.58 bits per heavy atom. The number of carbonyl (C=O) groups is 1. The van der Waals surface area contributed by atoms with Crippen LogP contribution in [0.4, 0.5) is 0 Å². The number of aromatic nitrogens is 7. The van der Waals surface area contributed by atoms with E-state index in [0.29, 0.717) is 17.1 Å². The molecule has 0 bridgehead atoms. The quantitative estimate of drug-likeness (QED) is 0.582. The second-order valence-electron chi connectivity index (χ2n) is 5.44. The van der Waals surface area contributed by atoms with Crippen molar-refractivity contribution in [1.82, 2.24) is 40.1 Å². The van der Waals surface area contributed by atoms with Crippen LogP contribution >= 0.6 is 0 Å². The average molecular weight is 346 g/mol. The Hall–Kier alpha value is -3.88. The van der Waals surface area contributed by atoms with E-state index < -0.39 is 0 Å². The molecule has 128 valence electrons. The molecule has 1 N–H and O–H groups in total. The highest BCUT2D eigenvalue weighted by atomic mass is 16.1. The summed E-state index contributed by atoms with van der Waals surface area (Å²) in [6, 6.07) is 12.7. The normalized spacial score (nSPS) is 10.6. The van der Waals surface area contributed by atoms with Crippen molar-refractivity contribution in [2.75, 3.05) is 0 Å². The molecule has 0 atom stereocenters. The maximum atomic E-state index is 12.3. The summed E-state index contributed by atoms with van der Waals surface area (Å²) in [5.74, 6) is 0.481. The van der Waals surface area contributed by atoms with Gasteiger partial charge in [0, 0.05) is 17.4 Å². The van der Waals surface area contributed by atoms with Gasteiger partial charge in [0.2, 0.25) is 0 Å². The van der Waals surface area contributed by atoms with Gasteiger partial charge in [-0.2, -0.15) is 0 Å². The summed E-state index contributed by atoms with van der Waals surface area (Å²) in [6.07, 6.45) is 6.61. The summed E-state index contributed by atoms with van der Waals surface area (Å²) in [5, 5.41) is 18.4. The van der Waals surface area contributed by atoms with Gasteiger partial charge in [0.15, 0.2) is 5.82 Å². The van der Waals surface area contributed by atoms with E-state index in [1.165, 1.54) is 0 Å². The first-order chi connectivity index (χ1) is 12.8. The summed E-state index contributed by atoms with van der Waals surface area (Å²) in [4.78, 5) is 16.5. The number of rotatable bonds is 5. The lowest BCUT2D eigenvalue weighted by molar-refractivity contribution is 0.0950. The highest BCUT2D eigenvalue weighted by Crippen LogP contribution is 2.09. The summed E-state index contributed by atoms with van der Waals surface area (Å²) < 4.78 is 3.33. The van der Waals surface area contributed by atoms with Gasteiger partial charge in [0.25, 0.3) is 5.91 Å². The number of nitrogens with zero attached hydrogens (tertiary/aromatic N) is 7. The third kappa shape index (κ3) is 3.31. The topological polar surface area (TPSA) is 103 Å². The van der Waals surface area contributed by atoms with Gasteiger partial charge in [0.05, 0.1) is 12.7 Å². The van der Waals surface area contributed by atoms with E-state index in [-0.39, 0.29) is 12.5 Å². The molecule has 1 aromatic carbocycles. The van der Waals surface area contributed by atoms with Crippen molar-refractivity contribution in [2.45, 2.75) is 6.54 Å². The largest absolute Gasteiger partial charge is 0.346 e. The molecule has 0 aliphatic heterocycles. The Labute approximate surface area is 148 Å². The Bertz CT molecular complexity index is 993. The van der Waals surface area contributed by atoms with Gasteiger partial charge in [-0.1, -0.05) is 11.3 Å². The van der Waals surface area contributed by atoms with Crippen LogP contribution in [0.25, 0.3) is 11.5 Å². The zero-order chi connectivity index (χ0) is 17.8. The molecule has 4 aromatic rings. The third-order valence-corrected chi connectivity index (χ3v) is 3.70. The predicted octanol–water partition coefficient (Wildman–Crippen LogP) is 1.17. The standard InChI is InChI=1S/C17H14N8O/c26-17(13-4-6-15(7-5-13)24-11-20-21-12-24)19-9-14-10-25(23-22-14)16-3-1-2-8-18-16/h1-8,10-12H,9H2,(H,19,26). The first-order valence-corrected chi connectivity index (χ1v) is 7.85. The molecule has 3 aromatic heterocycles. The van der Waals surface area contributed by atoms with Crippen LogP contribution in [0.1, 0.15) is 16.1 Å². The average Bonchev–Trinajstić information content (AvgIpc) is 3.39. The molecule has 0 aliphatic rings. The smallest absolute Gasteiger partial charge is 0.251 e. The Balaban J connectivity index is 1.39. The molecule has 0 spiro atoms. The van der Waals surface area contributed by atoms with Crippen LogP contribution in [-0.4, -0.2) is 40.6 Å². The van der Waals surface area contributed by atoms with Crippen LogP contribution in [0.2, 0.25) is 0 Å². The van der Waals surface area contributed by atoms with E-state index in [9.17, 15) is 4.79 Å². The van der Waals surface area contributed by atoms with Gasteiger partial charge in [-0.3, -0.25) is 9.36 Å². The molecule has 0 fully saturated rings. The van der Waals surface area contributed by atoms with Crippen LogP contribution in [0, 0.1) is 0 Å². The second kappa shape index (κ2) is 6.93. The molecule has 9 heteroatoms. The number of benzene rings is 1. The number of hydrogen-bond donors (Lipinski definition) is 1. The summed E-state index contributed by atoms with van der Waals surface area (Å²) in [5.41, 5.74) is 2.08. The maximum Gasteiger partial charge on any atom is 0.251 e. The predicted molar refractivity (Wildman–Crippen MR) is 91.7 cm³/mol. The van der Waals surface area contributed by atoms with Crippen molar-refractivity contribution in [1.29, 1.82) is 0 Å². The number of nitrogens with one attached hydrogen (secondary N) is 1. The van der Waals surface area contributed by atoms with Crippen molar-refractivity contribution < 1.29 is 4.79 Å². The van der Waals surface area contributed by atoms with Gasteiger partial charge in [0.1, 0.15) is 18.3 Å². The van der Waals surface area contributed by atoms with Crippen molar-refractivity contribution >= 4 is 5.91 Å². The molecule has 0 radical (unpaired) electrons. The molecule has 3 heterocycles. The molecule has 26 heavy (non-hydrogen) atoms. The molecular formula is C17H14N8O. The van der Waals surface area contributed by atoms with Crippen molar-refractivity contribution in [3.8, 4) is 11.5 Å². The van der Waals surface area contributed by atoms with Crippen molar-refractivity contribution in [3.63, 3.8) is 0 Å². The van der Waals surface area contributed by atoms with E-state index in [2.05, 4.69) is 30.8 Å². The summed E-state index contributed by atoms with van der Waals surface area (Å²) >= 11 is 0. The summed E-state index contributed by atoms with van der Waals surface area (Å²) in [7, 11) is 0. The van der Waals surface area contributed by atoms with Crippen LogP contribution in [0.15, 0.2) is 67.5 Å². The second-order valence-corrected chi connectivity index (χ2v) is 5.44. The molecule has 1 amide bonds. The highest BCUT2D eigenvalue weighted by molar-refractivity contribution is 5.94. The minimum Gasteiger partial charge on any atom is -0.346 e. The van der Waals surface area contributed by atoms with Crippen LogP contribution in [0.5, 0.6) is 0 Å². The SMILES string of the molecule is O=C(NCc1cn(-c2ccccn2)nn1)c1ccc(-n2cnnc2)cc1. The lowest BCUT2D eigenvalue weighted by Crippen LogP contribution is -2.22. The van der Waals surface area contributed by atoms with E-state index in [0.717, 1.165) is 5.69 Å². The van der Waals surface area contributed by atoms with E-state index >= 15 is 0 Å². The monoisotopic (exact) mass is 346 g/mol. The summed E-state index contributed by atoms with van der Waals surface area (Å²) in [6.45, 7) is 0.277. The van der Waals surface area contributed by atoms with Crippen LogP contribution in [0.3, 0.4) is 0 Å². The zero-order valence-corrected chi connectivity index (χ0v) is 13.6. The third-order valence-electron chi connectivity index (χ3n) is 3.70. The van der Waals surface area contributed by atoms with Gasteiger partial charge in [-0.25, -0.2) is 9.67 Å². The lowest BCUT2D eigenvalue weighted by atomic mass is 10.2.